The summed E-state index contributed by atoms with van der Waals surface area (Å²) in [6.45, 7) is 9.12. The van der Waals surface area contributed by atoms with E-state index in [-0.39, 0.29) is 11.8 Å². The Morgan fingerprint density at radius 1 is 1.19 bits per heavy atom. The smallest absolute Gasteiger partial charge is 0.230 e. The molecule has 1 aromatic carbocycles. The van der Waals surface area contributed by atoms with Crippen LogP contribution < -0.4 is 10.6 Å². The van der Waals surface area contributed by atoms with E-state index in [0.717, 1.165) is 37.3 Å². The minimum Gasteiger partial charge on any atom is -0.353 e. The highest BCUT2D eigenvalue weighted by molar-refractivity contribution is 6.30. The summed E-state index contributed by atoms with van der Waals surface area (Å²) in [5.74, 6) is 1.42. The van der Waals surface area contributed by atoms with E-state index < -0.39 is 5.54 Å². The van der Waals surface area contributed by atoms with Crippen molar-refractivity contribution < 1.29 is 4.79 Å². The van der Waals surface area contributed by atoms with Crippen LogP contribution >= 0.6 is 11.6 Å². The topological polar surface area (TPSA) is 75.4 Å². The zero-order valence-corrected chi connectivity index (χ0v) is 19.4. The molecule has 2 N–H and O–H groups in total. The summed E-state index contributed by atoms with van der Waals surface area (Å²) in [6, 6.07) is 7.57. The number of nitrogens with two attached hydrogens (primary N) is 1. The van der Waals surface area contributed by atoms with E-state index in [9.17, 15) is 4.79 Å². The van der Waals surface area contributed by atoms with Crippen molar-refractivity contribution >= 4 is 23.3 Å². The van der Waals surface area contributed by atoms with Crippen molar-refractivity contribution in [1.82, 2.24) is 14.9 Å². The maximum atomic E-state index is 13.5. The van der Waals surface area contributed by atoms with Gasteiger partial charge in [-0.15, -0.1) is 0 Å². The lowest BCUT2D eigenvalue weighted by Gasteiger charge is -2.38. The molecule has 0 radical (unpaired) electrons. The third-order valence-corrected chi connectivity index (χ3v) is 6.70. The monoisotopic (exact) mass is 441 g/mol. The number of anilines is 1. The molecule has 0 bridgehead atoms. The number of carbonyl (C=O) groups excluding carboxylic acids is 1. The highest BCUT2D eigenvalue weighted by Gasteiger charge is 2.33. The fraction of sp³-hybridized carbons (Fsp3) is 0.542. The van der Waals surface area contributed by atoms with Crippen LogP contribution in [0, 0.1) is 0 Å². The molecule has 6 nitrogen and oxygen atoms in total. The number of nitrogens with zero attached hydrogens (tertiary/aromatic N) is 4. The van der Waals surface area contributed by atoms with Crippen molar-refractivity contribution in [3.8, 4) is 0 Å². The number of benzene rings is 1. The van der Waals surface area contributed by atoms with Crippen LogP contribution in [0.2, 0.25) is 5.02 Å². The number of halogens is 1. The first-order valence-electron chi connectivity index (χ1n) is 11.1. The quantitative estimate of drug-likeness (QED) is 0.764. The predicted octanol–water partition coefficient (Wildman–Crippen LogP) is 3.74. The lowest BCUT2D eigenvalue weighted by molar-refractivity contribution is -0.133. The van der Waals surface area contributed by atoms with E-state index in [2.05, 4.69) is 21.8 Å². The fourth-order valence-electron chi connectivity index (χ4n) is 4.80. The Morgan fingerprint density at radius 3 is 2.52 bits per heavy atom. The standard InChI is InChI=1S/C24H32ClN5O/c1-16-4-9-20-21(16)22(28-15-27-20)29-10-12-30(13-11-29)23(31)19(14-24(2,3)26)17-5-7-18(25)8-6-17/h5-8,15-16,19H,4,9-14,26H2,1-3H3/t16-,19-/m1/s1. The first-order chi connectivity index (χ1) is 14.7. The molecule has 1 amide bonds. The summed E-state index contributed by atoms with van der Waals surface area (Å²) in [4.78, 5) is 26.9. The molecule has 1 aromatic heterocycles. The molecule has 2 aliphatic rings. The number of aryl methyl sites for hydroxylation is 1. The van der Waals surface area contributed by atoms with Gasteiger partial charge in [-0.05, 0) is 56.7 Å². The largest absolute Gasteiger partial charge is 0.353 e. The Balaban J connectivity index is 1.49. The van der Waals surface area contributed by atoms with Gasteiger partial charge in [0.2, 0.25) is 5.91 Å². The second-order valence-electron chi connectivity index (χ2n) is 9.61. The van der Waals surface area contributed by atoms with Gasteiger partial charge in [0.15, 0.2) is 0 Å². The molecular formula is C24H32ClN5O. The van der Waals surface area contributed by atoms with Crippen molar-refractivity contribution in [3.63, 3.8) is 0 Å². The van der Waals surface area contributed by atoms with Crippen LogP contribution in [-0.2, 0) is 11.2 Å². The first kappa shape index (κ1) is 22.0. The highest BCUT2D eigenvalue weighted by atomic mass is 35.5. The van der Waals surface area contributed by atoms with Crippen LogP contribution in [0.1, 0.15) is 62.3 Å². The molecule has 2 atom stereocenters. The SMILES string of the molecule is C[C@@H]1CCc2ncnc(N3CCN(C(=O)[C@H](CC(C)(C)N)c4ccc(Cl)cc4)CC3)c21. The molecule has 1 aliphatic carbocycles. The number of hydrogen-bond donors (Lipinski definition) is 1. The highest BCUT2D eigenvalue weighted by Crippen LogP contribution is 2.37. The number of fused-ring (bicyclic) bond motifs is 1. The summed E-state index contributed by atoms with van der Waals surface area (Å²) in [7, 11) is 0. The molecule has 2 heterocycles. The molecule has 0 saturated carbocycles. The molecular weight excluding hydrogens is 410 g/mol. The molecule has 166 valence electrons. The zero-order valence-electron chi connectivity index (χ0n) is 18.6. The molecule has 2 aromatic rings. The van der Waals surface area contributed by atoms with Crippen LogP contribution in [-0.4, -0.2) is 52.5 Å². The summed E-state index contributed by atoms with van der Waals surface area (Å²) < 4.78 is 0. The van der Waals surface area contributed by atoms with Crippen LogP contribution in [0.15, 0.2) is 30.6 Å². The summed E-state index contributed by atoms with van der Waals surface area (Å²) in [5, 5.41) is 0.669. The summed E-state index contributed by atoms with van der Waals surface area (Å²) in [6.07, 6.45) is 4.44. The van der Waals surface area contributed by atoms with Crippen LogP contribution in [0.4, 0.5) is 5.82 Å². The lowest BCUT2D eigenvalue weighted by atomic mass is 9.85. The van der Waals surface area contributed by atoms with Gasteiger partial charge in [-0.3, -0.25) is 4.79 Å². The Bertz CT molecular complexity index is 932. The molecule has 1 saturated heterocycles. The predicted molar refractivity (Wildman–Crippen MR) is 125 cm³/mol. The van der Waals surface area contributed by atoms with Crippen molar-refractivity contribution in [1.29, 1.82) is 0 Å². The van der Waals surface area contributed by atoms with E-state index in [1.807, 2.05) is 43.0 Å². The van der Waals surface area contributed by atoms with E-state index >= 15 is 0 Å². The van der Waals surface area contributed by atoms with Crippen molar-refractivity contribution in [2.75, 3.05) is 31.1 Å². The van der Waals surface area contributed by atoms with Crippen molar-refractivity contribution in [2.45, 2.75) is 57.4 Å². The molecule has 7 heteroatoms. The summed E-state index contributed by atoms with van der Waals surface area (Å²) >= 11 is 6.07. The molecule has 4 rings (SSSR count). The fourth-order valence-corrected chi connectivity index (χ4v) is 4.93. The molecule has 1 aliphatic heterocycles. The van der Waals surface area contributed by atoms with Gasteiger partial charge < -0.3 is 15.5 Å². The minimum absolute atomic E-state index is 0.141. The van der Waals surface area contributed by atoms with Gasteiger partial charge in [-0.1, -0.05) is 30.7 Å². The molecule has 1 fully saturated rings. The molecule has 31 heavy (non-hydrogen) atoms. The number of piperazine rings is 1. The van der Waals surface area contributed by atoms with Gasteiger partial charge in [-0.2, -0.15) is 0 Å². The third-order valence-electron chi connectivity index (χ3n) is 6.44. The van der Waals surface area contributed by atoms with Gasteiger partial charge >= 0.3 is 0 Å². The Kier molecular flexibility index (Phi) is 6.22. The third kappa shape index (κ3) is 4.85. The average molecular weight is 442 g/mol. The van der Waals surface area contributed by atoms with Gasteiger partial charge in [0.25, 0.3) is 0 Å². The zero-order chi connectivity index (χ0) is 22.2. The molecule has 0 unspecified atom stereocenters. The van der Waals surface area contributed by atoms with Gasteiger partial charge in [-0.25, -0.2) is 9.97 Å². The van der Waals surface area contributed by atoms with Crippen LogP contribution in [0.5, 0.6) is 0 Å². The molecule has 0 spiro atoms. The Labute approximate surface area is 189 Å². The Hall–Kier alpha value is -2.18. The van der Waals surface area contributed by atoms with E-state index in [1.54, 1.807) is 6.33 Å². The Morgan fingerprint density at radius 2 is 1.87 bits per heavy atom. The maximum absolute atomic E-state index is 13.5. The number of amides is 1. The minimum atomic E-state index is -0.445. The second kappa shape index (κ2) is 8.75. The number of hydrogen-bond acceptors (Lipinski definition) is 5. The van der Waals surface area contributed by atoms with Gasteiger partial charge in [0.05, 0.1) is 5.92 Å². The summed E-state index contributed by atoms with van der Waals surface area (Å²) in [5.41, 5.74) is 9.32. The van der Waals surface area contributed by atoms with Crippen LogP contribution in [0.25, 0.3) is 0 Å². The lowest BCUT2D eigenvalue weighted by Crippen LogP contribution is -2.51. The normalized spacial score (nSPS) is 20.0. The average Bonchev–Trinajstić information content (AvgIpc) is 3.13. The first-order valence-corrected chi connectivity index (χ1v) is 11.5. The van der Waals surface area contributed by atoms with E-state index in [1.165, 1.54) is 11.3 Å². The van der Waals surface area contributed by atoms with Crippen molar-refractivity contribution in [3.05, 3.63) is 52.4 Å². The van der Waals surface area contributed by atoms with Gasteiger partial charge in [0, 0.05) is 48.0 Å². The van der Waals surface area contributed by atoms with E-state index in [0.29, 0.717) is 30.5 Å². The number of rotatable bonds is 5. The number of aromatic nitrogens is 2. The van der Waals surface area contributed by atoms with Crippen LogP contribution in [0.3, 0.4) is 0 Å². The van der Waals surface area contributed by atoms with E-state index in [4.69, 9.17) is 17.3 Å². The maximum Gasteiger partial charge on any atom is 0.230 e. The van der Waals surface area contributed by atoms with Gasteiger partial charge in [0.1, 0.15) is 12.1 Å². The number of carbonyl (C=O) groups is 1. The second-order valence-corrected chi connectivity index (χ2v) is 10.0. The van der Waals surface area contributed by atoms with Crippen molar-refractivity contribution in [2.24, 2.45) is 5.73 Å².